The zero-order valence-corrected chi connectivity index (χ0v) is 6.72. The summed E-state index contributed by atoms with van der Waals surface area (Å²) in [7, 11) is 0. The Labute approximate surface area is 60.1 Å². The van der Waals surface area contributed by atoms with Gasteiger partial charge in [0.05, 0.1) is 0 Å². The van der Waals surface area contributed by atoms with Gasteiger partial charge in [0, 0.05) is 0 Å². The van der Waals surface area contributed by atoms with E-state index in [1.54, 1.807) is 0 Å². The molecule has 0 bridgehead atoms. The molecule has 1 saturated carbocycles. The summed E-state index contributed by atoms with van der Waals surface area (Å²) in [5.74, 6) is 1.01. The predicted molar refractivity (Wildman–Crippen MR) is 37.1 cm³/mol. The van der Waals surface area contributed by atoms with Crippen LogP contribution in [0, 0.1) is 5.92 Å². The summed E-state index contributed by atoms with van der Waals surface area (Å²) in [4.78, 5) is 0. The second kappa shape index (κ2) is 2.90. The quantitative estimate of drug-likeness (QED) is 0.434. The summed E-state index contributed by atoms with van der Waals surface area (Å²) in [6, 6.07) is 0. The van der Waals surface area contributed by atoms with Crippen LogP contribution in [-0.2, 0) is 0 Å². The average Bonchev–Trinajstić information content (AvgIpc) is 1.77. The molecule has 1 aliphatic carbocycles. The second-order valence-corrected chi connectivity index (χ2v) is 3.96. The Kier molecular flexibility index (Phi) is 2.41. The van der Waals surface area contributed by atoms with Crippen LogP contribution >= 0.6 is 0 Å². The van der Waals surface area contributed by atoms with Crippen molar-refractivity contribution in [3.63, 3.8) is 0 Å². The summed E-state index contributed by atoms with van der Waals surface area (Å²) in [5, 5.41) is 0. The molecule has 0 aromatic rings. The molecule has 0 spiro atoms. The topological polar surface area (TPSA) is 0 Å². The summed E-state index contributed by atoms with van der Waals surface area (Å²) >= 11 is 2.92. The van der Waals surface area contributed by atoms with Gasteiger partial charge < -0.3 is 0 Å². The number of hydrogen-bond donors (Lipinski definition) is 0. The zero-order valence-electron chi connectivity index (χ0n) is 5.56. The molecule has 0 saturated heterocycles. The van der Waals surface area contributed by atoms with E-state index in [2.05, 4.69) is 23.2 Å². The van der Waals surface area contributed by atoms with Crippen LogP contribution in [0.2, 0.25) is 4.78 Å². The molecule has 0 atom stereocenters. The third-order valence-electron chi connectivity index (χ3n) is 2.06. The van der Waals surface area contributed by atoms with Crippen LogP contribution in [0.5, 0.6) is 0 Å². The van der Waals surface area contributed by atoms with Crippen molar-refractivity contribution in [1.82, 2.24) is 0 Å². The first-order chi connectivity index (χ1) is 3.79. The Bertz CT molecular complexity index is 52.8. The summed E-state index contributed by atoms with van der Waals surface area (Å²) in [6.45, 7) is 2.36. The molecule has 0 aromatic carbocycles. The monoisotopic (exact) mass is 124 g/mol. The van der Waals surface area contributed by atoms with E-state index >= 15 is 0 Å². The van der Waals surface area contributed by atoms with Gasteiger partial charge in [-0.05, 0) is 0 Å². The van der Waals surface area contributed by atoms with E-state index in [4.69, 9.17) is 0 Å². The van der Waals surface area contributed by atoms with E-state index in [0.29, 0.717) is 0 Å². The SMILES string of the molecule is CC1CC[CH]([Al+2])CC1. The van der Waals surface area contributed by atoms with Crippen LogP contribution in [0.4, 0.5) is 0 Å². The van der Waals surface area contributed by atoms with Crippen molar-refractivity contribution in [1.29, 1.82) is 0 Å². The molecule has 8 heavy (non-hydrogen) atoms. The molecule has 0 nitrogen and oxygen atoms in total. The first-order valence-corrected chi connectivity index (χ1v) is 4.21. The number of rotatable bonds is 0. The van der Waals surface area contributed by atoms with Crippen molar-refractivity contribution in [2.75, 3.05) is 0 Å². The van der Waals surface area contributed by atoms with Gasteiger partial charge in [-0.2, -0.15) is 0 Å². The van der Waals surface area contributed by atoms with Gasteiger partial charge in [-0.1, -0.05) is 0 Å². The number of hydrogen-bond acceptors (Lipinski definition) is 0. The van der Waals surface area contributed by atoms with E-state index < -0.39 is 0 Å². The van der Waals surface area contributed by atoms with E-state index in [1.807, 2.05) is 0 Å². The average molecular weight is 124 g/mol. The predicted octanol–water partition coefficient (Wildman–Crippen LogP) is 2.15. The summed E-state index contributed by atoms with van der Waals surface area (Å²) < 4.78 is 0.936. The molecule has 0 aliphatic heterocycles. The van der Waals surface area contributed by atoms with Crippen molar-refractivity contribution >= 4 is 16.3 Å². The Hall–Kier alpha value is 0.532. The molecule has 1 heteroatoms. The van der Waals surface area contributed by atoms with Crippen molar-refractivity contribution in [3.05, 3.63) is 0 Å². The molecule has 1 fully saturated rings. The fourth-order valence-corrected chi connectivity index (χ4v) is 1.67. The maximum absolute atomic E-state index is 2.92. The fraction of sp³-hybridized carbons (Fsp3) is 1.00. The molecule has 1 rings (SSSR count). The van der Waals surface area contributed by atoms with Crippen LogP contribution in [0.3, 0.4) is 0 Å². The minimum atomic E-state index is 0.936. The van der Waals surface area contributed by atoms with E-state index in [-0.39, 0.29) is 0 Å². The Morgan fingerprint density at radius 2 is 1.62 bits per heavy atom. The van der Waals surface area contributed by atoms with Gasteiger partial charge >= 0.3 is 59.6 Å². The molecular formula is C7H13Al+2. The summed E-state index contributed by atoms with van der Waals surface area (Å²) in [5.41, 5.74) is 0. The second-order valence-electron chi connectivity index (χ2n) is 3.02. The van der Waals surface area contributed by atoms with Gasteiger partial charge in [-0.15, -0.1) is 0 Å². The fourth-order valence-electron chi connectivity index (χ4n) is 1.29. The Morgan fingerprint density at radius 3 is 2.00 bits per heavy atom. The van der Waals surface area contributed by atoms with Gasteiger partial charge in [-0.3, -0.25) is 0 Å². The molecule has 0 heterocycles. The van der Waals surface area contributed by atoms with Gasteiger partial charge in [0.25, 0.3) is 0 Å². The molecule has 0 aromatic heterocycles. The third kappa shape index (κ3) is 1.80. The molecular weight excluding hydrogens is 111 g/mol. The Morgan fingerprint density at radius 1 is 1.12 bits per heavy atom. The molecule has 0 unspecified atom stereocenters. The van der Waals surface area contributed by atoms with E-state index in [0.717, 1.165) is 10.7 Å². The van der Waals surface area contributed by atoms with Gasteiger partial charge in [-0.25, -0.2) is 0 Å². The molecule has 0 amide bonds. The first-order valence-electron chi connectivity index (χ1n) is 3.54. The van der Waals surface area contributed by atoms with Crippen LogP contribution in [0.15, 0.2) is 0 Å². The summed E-state index contributed by atoms with van der Waals surface area (Å²) in [6.07, 6.45) is 5.78. The first kappa shape index (κ1) is 6.65. The van der Waals surface area contributed by atoms with E-state index in [9.17, 15) is 0 Å². The van der Waals surface area contributed by atoms with Crippen LogP contribution in [0.1, 0.15) is 32.6 Å². The maximum atomic E-state index is 2.92. The standard InChI is InChI=1S/C7H13.Al/c1-7-5-3-2-4-6-7;/h2,7H,3-6H2,1H3;/q;+2. The molecule has 42 valence electrons. The van der Waals surface area contributed by atoms with Crippen molar-refractivity contribution in [2.24, 2.45) is 5.92 Å². The third-order valence-corrected chi connectivity index (χ3v) is 2.73. The minimum absolute atomic E-state index is 0.936. The zero-order chi connectivity index (χ0) is 5.98. The molecule has 0 radical (unpaired) electrons. The van der Waals surface area contributed by atoms with Crippen LogP contribution < -0.4 is 0 Å². The van der Waals surface area contributed by atoms with Gasteiger partial charge in [0.2, 0.25) is 0 Å². The Balaban J connectivity index is 2.19. The normalized spacial score (nSPS) is 39.9. The molecule has 0 N–H and O–H groups in total. The van der Waals surface area contributed by atoms with Gasteiger partial charge in [0.1, 0.15) is 0 Å². The van der Waals surface area contributed by atoms with Gasteiger partial charge in [0.15, 0.2) is 0 Å². The van der Waals surface area contributed by atoms with Crippen LogP contribution in [0.25, 0.3) is 0 Å². The van der Waals surface area contributed by atoms with E-state index in [1.165, 1.54) is 25.7 Å². The van der Waals surface area contributed by atoms with Crippen molar-refractivity contribution in [3.8, 4) is 0 Å². The molecule has 1 aliphatic rings. The van der Waals surface area contributed by atoms with Crippen molar-refractivity contribution in [2.45, 2.75) is 37.4 Å². The van der Waals surface area contributed by atoms with Crippen molar-refractivity contribution < 1.29 is 0 Å². The van der Waals surface area contributed by atoms with Crippen LogP contribution in [-0.4, -0.2) is 16.3 Å².